The summed E-state index contributed by atoms with van der Waals surface area (Å²) in [6.45, 7) is 0. The van der Waals surface area contributed by atoms with Gasteiger partial charge in [0.2, 0.25) is 0 Å². The molecule has 0 bridgehead atoms. The third-order valence-corrected chi connectivity index (χ3v) is 15.4. The second-order valence-corrected chi connectivity index (χ2v) is 20.1. The van der Waals surface area contributed by atoms with Gasteiger partial charge in [0.25, 0.3) is 0 Å². The van der Waals surface area contributed by atoms with Gasteiger partial charge in [-0.05, 0) is 161 Å². The van der Waals surface area contributed by atoms with Gasteiger partial charge in [-0.25, -0.2) is 0 Å². The van der Waals surface area contributed by atoms with Crippen LogP contribution in [0.25, 0.3) is 99.1 Å². The summed E-state index contributed by atoms with van der Waals surface area (Å²) in [6.07, 6.45) is 0. The molecule has 0 aliphatic carbocycles. The molecule has 0 saturated carbocycles. The van der Waals surface area contributed by atoms with Crippen molar-refractivity contribution in [2.75, 3.05) is 9.80 Å². The smallest absolute Gasteiger partial charge is 0.0540 e. The molecule has 0 aliphatic rings. The van der Waals surface area contributed by atoms with Crippen molar-refractivity contribution in [2.24, 2.45) is 0 Å². The molecule has 0 unspecified atom stereocenters. The molecular weight excluding hydrogens is 941 g/mol. The second kappa shape index (κ2) is 20.1. The van der Waals surface area contributed by atoms with Crippen LogP contribution in [0.3, 0.4) is 0 Å². The van der Waals surface area contributed by atoms with Crippen LogP contribution in [0.2, 0.25) is 0 Å². The highest BCUT2D eigenvalue weighted by atomic mass is 15.1. The number of hydrogen-bond donors (Lipinski definition) is 0. The van der Waals surface area contributed by atoms with Gasteiger partial charge < -0.3 is 9.80 Å². The zero-order valence-electron chi connectivity index (χ0n) is 42.9. The molecule has 0 atom stereocenters. The van der Waals surface area contributed by atoms with Crippen molar-refractivity contribution >= 4 is 66.4 Å². The third-order valence-electron chi connectivity index (χ3n) is 15.4. The van der Waals surface area contributed by atoms with E-state index in [4.69, 9.17) is 0 Å². The molecule has 0 amide bonds. The molecule has 0 spiro atoms. The van der Waals surface area contributed by atoms with E-state index in [1.807, 2.05) is 0 Å². The average molecular weight is 993 g/mol. The monoisotopic (exact) mass is 992 g/mol. The minimum absolute atomic E-state index is 1.08. The number of benzene rings is 14. The molecule has 0 radical (unpaired) electrons. The Bertz CT molecular complexity index is 4110. The van der Waals surface area contributed by atoms with Gasteiger partial charge in [-0.15, -0.1) is 0 Å². The molecular formula is C76H52N2. The van der Waals surface area contributed by atoms with Crippen molar-refractivity contribution in [1.82, 2.24) is 0 Å². The Morgan fingerprint density at radius 3 is 0.769 bits per heavy atom. The Labute approximate surface area is 456 Å². The molecule has 2 nitrogen and oxygen atoms in total. The minimum atomic E-state index is 1.08. The predicted octanol–water partition coefficient (Wildman–Crippen LogP) is 21.5. The Morgan fingerprint density at radius 2 is 0.436 bits per heavy atom. The Balaban J connectivity index is 0.921. The predicted molar refractivity (Wildman–Crippen MR) is 332 cm³/mol. The van der Waals surface area contributed by atoms with Crippen molar-refractivity contribution in [1.29, 1.82) is 0 Å². The van der Waals surface area contributed by atoms with Crippen LogP contribution >= 0.6 is 0 Å². The lowest BCUT2D eigenvalue weighted by atomic mass is 9.91. The van der Waals surface area contributed by atoms with Gasteiger partial charge in [0.1, 0.15) is 0 Å². The maximum Gasteiger partial charge on any atom is 0.0540 e. The highest BCUT2D eigenvalue weighted by molar-refractivity contribution is 6.28. The van der Waals surface area contributed by atoms with Crippen molar-refractivity contribution < 1.29 is 0 Å². The van der Waals surface area contributed by atoms with E-state index in [1.165, 1.54) is 99.1 Å². The Morgan fingerprint density at radius 1 is 0.167 bits per heavy atom. The lowest BCUT2D eigenvalue weighted by molar-refractivity contribution is 1.30. The van der Waals surface area contributed by atoms with Gasteiger partial charge in [0.15, 0.2) is 0 Å². The molecule has 366 valence electrons. The van der Waals surface area contributed by atoms with Crippen LogP contribution in [0.15, 0.2) is 315 Å². The van der Waals surface area contributed by atoms with Crippen LogP contribution in [0, 0.1) is 0 Å². The summed E-state index contributed by atoms with van der Waals surface area (Å²) in [6, 6.07) is 115. The molecule has 78 heavy (non-hydrogen) atoms. The van der Waals surface area contributed by atoms with Crippen LogP contribution in [0.5, 0.6) is 0 Å². The largest absolute Gasteiger partial charge is 0.310 e. The van der Waals surface area contributed by atoms with Gasteiger partial charge >= 0.3 is 0 Å². The molecule has 14 rings (SSSR count). The van der Waals surface area contributed by atoms with Gasteiger partial charge in [-0.3, -0.25) is 0 Å². The first kappa shape index (κ1) is 46.3. The molecule has 2 heteroatoms. The molecule has 14 aromatic carbocycles. The van der Waals surface area contributed by atoms with E-state index in [2.05, 4.69) is 325 Å². The van der Waals surface area contributed by atoms with E-state index in [9.17, 15) is 0 Å². The SMILES string of the molecule is c1ccc(-c2cccc(-c3ccc(N(c4cccc(-c5ccccc5)c4)c4ccc5ccc6c(N(c7ccc(-c8cccc(-c9ccccc9)c8)cc7)c7cccc(-c8ccccc8)c7)ccc7ccc4c5c76)cc3)c2)cc1. The second-order valence-electron chi connectivity index (χ2n) is 20.1. The van der Waals surface area contributed by atoms with Gasteiger partial charge in [0.05, 0.1) is 11.4 Å². The van der Waals surface area contributed by atoms with E-state index in [0.29, 0.717) is 0 Å². The molecule has 0 N–H and O–H groups in total. The Hall–Kier alpha value is -10.3. The lowest BCUT2D eigenvalue weighted by Crippen LogP contribution is -2.11. The summed E-state index contributed by atoms with van der Waals surface area (Å²) in [4.78, 5) is 4.89. The summed E-state index contributed by atoms with van der Waals surface area (Å²) in [5.41, 5.74) is 20.8. The third kappa shape index (κ3) is 8.72. The van der Waals surface area contributed by atoms with Crippen molar-refractivity contribution in [3.8, 4) is 66.8 Å². The van der Waals surface area contributed by atoms with Crippen LogP contribution in [0.1, 0.15) is 0 Å². The van der Waals surface area contributed by atoms with E-state index in [0.717, 1.165) is 34.1 Å². The lowest BCUT2D eigenvalue weighted by Gasteiger charge is -2.30. The first-order chi connectivity index (χ1) is 38.7. The quantitative estimate of drug-likeness (QED) is 0.113. The fraction of sp³-hybridized carbons (Fsp3) is 0. The standard InChI is InChI=1S/C76H52N2/c1-5-17-53(18-6-1)61-25-13-27-63(49-61)57-33-41-67(42-34-57)77(69-31-15-29-65(51-69)55-21-9-3-10-22-55)73-47-39-59-38-46-72-74(48-40-60-37-45-71(73)75(59)76(60)72)78(70-32-16-30-66(52-70)56-23-11-4-12-24-56)68-43-35-58(36-44-68)64-28-14-26-62(50-64)54-19-7-2-8-20-54/h1-52H. The fourth-order valence-electron chi connectivity index (χ4n) is 11.5. The van der Waals surface area contributed by atoms with E-state index in [1.54, 1.807) is 0 Å². The summed E-state index contributed by atoms with van der Waals surface area (Å²) >= 11 is 0. The maximum absolute atomic E-state index is 2.45. The molecule has 0 aliphatic heterocycles. The van der Waals surface area contributed by atoms with E-state index < -0.39 is 0 Å². The summed E-state index contributed by atoms with van der Waals surface area (Å²) < 4.78 is 0. The topological polar surface area (TPSA) is 6.48 Å². The summed E-state index contributed by atoms with van der Waals surface area (Å²) in [5.74, 6) is 0. The summed E-state index contributed by atoms with van der Waals surface area (Å²) in [7, 11) is 0. The van der Waals surface area contributed by atoms with E-state index in [-0.39, 0.29) is 0 Å². The van der Waals surface area contributed by atoms with Gasteiger partial charge in [-0.2, -0.15) is 0 Å². The first-order valence-corrected chi connectivity index (χ1v) is 26.8. The van der Waals surface area contributed by atoms with Gasteiger partial charge in [-0.1, -0.05) is 243 Å². The number of nitrogens with zero attached hydrogens (tertiary/aromatic N) is 2. The zero-order valence-corrected chi connectivity index (χ0v) is 42.9. The van der Waals surface area contributed by atoms with Crippen LogP contribution in [-0.4, -0.2) is 0 Å². The zero-order chi connectivity index (χ0) is 51.8. The molecule has 0 heterocycles. The van der Waals surface area contributed by atoms with Crippen LogP contribution in [-0.2, 0) is 0 Å². The molecule has 0 saturated heterocycles. The molecule has 0 aromatic heterocycles. The Kier molecular flexibility index (Phi) is 11.9. The minimum Gasteiger partial charge on any atom is -0.310 e. The van der Waals surface area contributed by atoms with Crippen LogP contribution < -0.4 is 9.80 Å². The number of rotatable bonds is 12. The van der Waals surface area contributed by atoms with Crippen molar-refractivity contribution in [2.45, 2.75) is 0 Å². The first-order valence-electron chi connectivity index (χ1n) is 26.8. The average Bonchev–Trinajstić information content (AvgIpc) is 3.69. The van der Waals surface area contributed by atoms with Crippen molar-refractivity contribution in [3.63, 3.8) is 0 Å². The van der Waals surface area contributed by atoms with Gasteiger partial charge in [0, 0.05) is 33.5 Å². The molecule has 14 aromatic rings. The number of hydrogen-bond acceptors (Lipinski definition) is 2. The fourth-order valence-corrected chi connectivity index (χ4v) is 11.5. The van der Waals surface area contributed by atoms with Crippen LogP contribution in [0.4, 0.5) is 34.1 Å². The van der Waals surface area contributed by atoms with Crippen molar-refractivity contribution in [3.05, 3.63) is 315 Å². The normalized spacial score (nSPS) is 11.3. The van der Waals surface area contributed by atoms with E-state index >= 15 is 0 Å². The molecule has 0 fully saturated rings. The highest BCUT2D eigenvalue weighted by Crippen LogP contribution is 2.49. The maximum atomic E-state index is 2.45. The number of anilines is 6. The highest BCUT2D eigenvalue weighted by Gasteiger charge is 2.23. The summed E-state index contributed by atoms with van der Waals surface area (Å²) in [5, 5.41) is 7.27.